The van der Waals surface area contributed by atoms with Crippen molar-refractivity contribution in [3.05, 3.63) is 69.5 Å². The summed E-state index contributed by atoms with van der Waals surface area (Å²) in [5, 5.41) is 4.54. The van der Waals surface area contributed by atoms with Crippen LogP contribution in [0.4, 0.5) is 4.39 Å². The van der Waals surface area contributed by atoms with Crippen LogP contribution < -0.4 is 5.32 Å². The third-order valence-electron chi connectivity index (χ3n) is 3.93. The van der Waals surface area contributed by atoms with E-state index in [2.05, 4.69) is 17.4 Å². The van der Waals surface area contributed by atoms with Crippen LogP contribution in [0.15, 0.2) is 42.5 Å². The van der Waals surface area contributed by atoms with Crippen molar-refractivity contribution < 1.29 is 4.39 Å². The topological polar surface area (TPSA) is 12.0 Å². The van der Waals surface area contributed by atoms with Crippen LogP contribution in [-0.2, 0) is 11.8 Å². The average Bonchev–Trinajstić information content (AvgIpc) is 2.37. The lowest BCUT2D eigenvalue weighted by Gasteiger charge is -2.43. The molecule has 1 fully saturated rings. The molecule has 0 aromatic heterocycles. The van der Waals surface area contributed by atoms with Gasteiger partial charge in [0.25, 0.3) is 0 Å². The van der Waals surface area contributed by atoms with Crippen LogP contribution >= 0.6 is 23.2 Å². The summed E-state index contributed by atoms with van der Waals surface area (Å²) < 4.78 is 13.1. The van der Waals surface area contributed by atoms with Gasteiger partial charge in [0.2, 0.25) is 0 Å². The summed E-state index contributed by atoms with van der Waals surface area (Å²) >= 11 is 12.1. The predicted molar refractivity (Wildman–Crippen MR) is 81.1 cm³/mol. The van der Waals surface area contributed by atoms with Gasteiger partial charge in [-0.2, -0.15) is 0 Å². The van der Waals surface area contributed by atoms with E-state index in [4.69, 9.17) is 23.2 Å². The highest BCUT2D eigenvalue weighted by atomic mass is 35.5. The molecule has 0 atom stereocenters. The summed E-state index contributed by atoms with van der Waals surface area (Å²) in [4.78, 5) is 0. The third-order valence-corrected chi connectivity index (χ3v) is 4.53. The van der Waals surface area contributed by atoms with Gasteiger partial charge in [-0.1, -0.05) is 41.4 Å². The molecule has 1 aliphatic heterocycles. The molecule has 2 aromatic carbocycles. The zero-order chi connectivity index (χ0) is 14.2. The Kier molecular flexibility index (Phi) is 3.72. The quantitative estimate of drug-likeness (QED) is 0.895. The summed E-state index contributed by atoms with van der Waals surface area (Å²) in [7, 11) is 0. The maximum Gasteiger partial charge on any atom is 0.124 e. The van der Waals surface area contributed by atoms with Crippen LogP contribution in [0.25, 0.3) is 0 Å². The fraction of sp³-hybridized carbons (Fsp3) is 0.250. The standard InChI is InChI=1S/C16H14Cl2FN/c17-13-4-2-12(3-5-13)16(9-20-10-16)8-11-1-6-14(19)7-15(11)18/h1-7,20H,8-10H2. The van der Waals surface area contributed by atoms with E-state index in [1.54, 1.807) is 6.07 Å². The van der Waals surface area contributed by atoms with Gasteiger partial charge in [-0.25, -0.2) is 4.39 Å². The Labute approximate surface area is 127 Å². The lowest BCUT2D eigenvalue weighted by molar-refractivity contribution is 0.274. The molecular formula is C16H14Cl2FN. The zero-order valence-corrected chi connectivity index (χ0v) is 12.3. The molecule has 0 unspecified atom stereocenters. The van der Waals surface area contributed by atoms with Gasteiger partial charge in [-0.15, -0.1) is 0 Å². The van der Waals surface area contributed by atoms with Crippen molar-refractivity contribution in [2.75, 3.05) is 13.1 Å². The summed E-state index contributed by atoms with van der Waals surface area (Å²) in [5.41, 5.74) is 2.23. The van der Waals surface area contributed by atoms with Crippen molar-refractivity contribution in [2.24, 2.45) is 0 Å². The fourth-order valence-electron chi connectivity index (χ4n) is 2.69. The molecule has 0 bridgehead atoms. The molecule has 104 valence electrons. The SMILES string of the molecule is Fc1ccc(CC2(c3ccc(Cl)cc3)CNC2)c(Cl)c1. The number of hydrogen-bond acceptors (Lipinski definition) is 1. The van der Waals surface area contributed by atoms with Crippen molar-refractivity contribution in [3.63, 3.8) is 0 Å². The minimum Gasteiger partial charge on any atom is -0.315 e. The molecule has 0 radical (unpaired) electrons. The first-order chi connectivity index (χ1) is 9.59. The summed E-state index contributed by atoms with van der Waals surface area (Å²) in [6.07, 6.45) is 0.792. The fourth-order valence-corrected chi connectivity index (χ4v) is 3.05. The monoisotopic (exact) mass is 309 g/mol. The predicted octanol–water partition coefficient (Wildman–Crippen LogP) is 4.22. The van der Waals surface area contributed by atoms with Crippen LogP contribution in [0.5, 0.6) is 0 Å². The molecule has 0 aliphatic carbocycles. The summed E-state index contributed by atoms with van der Waals surface area (Å²) in [6.45, 7) is 1.78. The molecule has 1 saturated heterocycles. The third kappa shape index (κ3) is 2.56. The number of benzene rings is 2. The molecule has 1 N–H and O–H groups in total. The maximum absolute atomic E-state index is 13.1. The van der Waals surface area contributed by atoms with Gasteiger partial charge in [0, 0.05) is 28.5 Å². The largest absolute Gasteiger partial charge is 0.315 e. The molecule has 4 heteroatoms. The highest BCUT2D eigenvalue weighted by molar-refractivity contribution is 6.31. The van der Waals surface area contributed by atoms with Gasteiger partial charge in [-0.3, -0.25) is 0 Å². The first-order valence-corrected chi connectivity index (χ1v) is 7.25. The van der Waals surface area contributed by atoms with Crippen LogP contribution in [0, 0.1) is 5.82 Å². The Balaban J connectivity index is 1.91. The minimum atomic E-state index is -0.300. The summed E-state index contributed by atoms with van der Waals surface area (Å²) in [5.74, 6) is -0.300. The van der Waals surface area contributed by atoms with Crippen LogP contribution in [0.2, 0.25) is 10.0 Å². The lowest BCUT2D eigenvalue weighted by atomic mass is 9.71. The zero-order valence-electron chi connectivity index (χ0n) is 10.8. The highest BCUT2D eigenvalue weighted by Gasteiger charge is 2.39. The summed E-state index contributed by atoms with van der Waals surface area (Å²) in [6, 6.07) is 12.5. The van der Waals surface area contributed by atoms with E-state index in [-0.39, 0.29) is 11.2 Å². The van der Waals surface area contributed by atoms with E-state index in [1.807, 2.05) is 12.1 Å². The molecule has 0 amide bonds. The first-order valence-electron chi connectivity index (χ1n) is 6.50. The van der Waals surface area contributed by atoms with Crippen molar-refractivity contribution in [2.45, 2.75) is 11.8 Å². The van der Waals surface area contributed by atoms with Gasteiger partial charge in [0.1, 0.15) is 5.82 Å². The van der Waals surface area contributed by atoms with Crippen LogP contribution in [0.3, 0.4) is 0 Å². The molecular weight excluding hydrogens is 296 g/mol. The van der Waals surface area contributed by atoms with Crippen molar-refractivity contribution in [3.8, 4) is 0 Å². The Morgan fingerprint density at radius 2 is 1.75 bits per heavy atom. The van der Waals surface area contributed by atoms with E-state index < -0.39 is 0 Å². The maximum atomic E-state index is 13.1. The minimum absolute atomic E-state index is 0.0199. The molecule has 1 nitrogen and oxygen atoms in total. The van der Waals surface area contributed by atoms with E-state index in [1.165, 1.54) is 17.7 Å². The van der Waals surface area contributed by atoms with Gasteiger partial charge in [-0.05, 0) is 41.8 Å². The van der Waals surface area contributed by atoms with Crippen molar-refractivity contribution >= 4 is 23.2 Å². The normalized spacial score (nSPS) is 16.8. The molecule has 3 rings (SSSR count). The van der Waals surface area contributed by atoms with Gasteiger partial charge in [0.15, 0.2) is 0 Å². The van der Waals surface area contributed by atoms with E-state index in [0.717, 1.165) is 30.1 Å². The van der Waals surface area contributed by atoms with Gasteiger partial charge < -0.3 is 5.32 Å². The second-order valence-corrected chi connectivity index (χ2v) is 6.15. The second kappa shape index (κ2) is 5.36. The van der Waals surface area contributed by atoms with E-state index in [0.29, 0.717) is 5.02 Å². The molecule has 2 aromatic rings. The number of hydrogen-bond donors (Lipinski definition) is 1. The van der Waals surface area contributed by atoms with E-state index >= 15 is 0 Å². The number of halogens is 3. The Bertz CT molecular complexity index is 621. The van der Waals surface area contributed by atoms with Gasteiger partial charge >= 0.3 is 0 Å². The average molecular weight is 310 g/mol. The van der Waals surface area contributed by atoms with Crippen molar-refractivity contribution in [1.29, 1.82) is 0 Å². The van der Waals surface area contributed by atoms with Crippen LogP contribution in [0.1, 0.15) is 11.1 Å². The Morgan fingerprint density at radius 1 is 1.05 bits per heavy atom. The smallest absolute Gasteiger partial charge is 0.124 e. The number of rotatable bonds is 3. The Morgan fingerprint density at radius 3 is 2.30 bits per heavy atom. The second-order valence-electron chi connectivity index (χ2n) is 5.30. The molecule has 0 saturated carbocycles. The first kappa shape index (κ1) is 13.9. The molecule has 20 heavy (non-hydrogen) atoms. The lowest BCUT2D eigenvalue weighted by Crippen LogP contribution is -2.58. The van der Waals surface area contributed by atoms with Crippen molar-refractivity contribution in [1.82, 2.24) is 5.32 Å². The van der Waals surface area contributed by atoms with Gasteiger partial charge in [0.05, 0.1) is 0 Å². The van der Waals surface area contributed by atoms with E-state index in [9.17, 15) is 4.39 Å². The molecule has 1 heterocycles. The molecule has 0 spiro atoms. The Hall–Kier alpha value is -1.09. The number of nitrogens with one attached hydrogen (secondary N) is 1. The molecule has 1 aliphatic rings. The van der Waals surface area contributed by atoms with Crippen LogP contribution in [-0.4, -0.2) is 13.1 Å². The highest BCUT2D eigenvalue weighted by Crippen LogP contribution is 2.35.